The summed E-state index contributed by atoms with van der Waals surface area (Å²) < 4.78 is 5.14. The molecule has 2 aromatic rings. The number of aromatic nitrogens is 1. The van der Waals surface area contributed by atoms with Gasteiger partial charge < -0.3 is 10.1 Å². The number of aryl methyl sites for hydroxylation is 1. The van der Waals surface area contributed by atoms with E-state index in [1.807, 2.05) is 12.1 Å². The summed E-state index contributed by atoms with van der Waals surface area (Å²) in [6.45, 7) is 2.93. The standard InChI is InChI=1S/C12H14N2OS/c1-9-4-6-16-11(9)8-14-12-7-10(15-2)3-5-13-12/h3-7H,8H2,1-2H3,(H,13,14). The molecule has 0 saturated heterocycles. The van der Waals surface area contributed by atoms with Gasteiger partial charge in [0.05, 0.1) is 13.7 Å². The van der Waals surface area contributed by atoms with E-state index in [9.17, 15) is 0 Å². The number of thiophene rings is 1. The van der Waals surface area contributed by atoms with Crippen LogP contribution in [-0.4, -0.2) is 12.1 Å². The predicted octanol–water partition coefficient (Wildman–Crippen LogP) is 3.07. The Balaban J connectivity index is 2.02. The molecule has 0 saturated carbocycles. The second-order valence-corrected chi connectivity index (χ2v) is 4.46. The third-order valence-corrected chi connectivity index (χ3v) is 3.39. The fourth-order valence-electron chi connectivity index (χ4n) is 1.39. The molecule has 2 aromatic heterocycles. The quantitative estimate of drug-likeness (QED) is 0.882. The van der Waals surface area contributed by atoms with Gasteiger partial charge in [0.15, 0.2) is 0 Å². The van der Waals surface area contributed by atoms with Gasteiger partial charge in [0.25, 0.3) is 0 Å². The molecule has 1 N–H and O–H groups in total. The highest BCUT2D eigenvalue weighted by molar-refractivity contribution is 7.10. The van der Waals surface area contributed by atoms with E-state index in [4.69, 9.17) is 4.74 Å². The lowest BCUT2D eigenvalue weighted by atomic mass is 10.3. The van der Waals surface area contributed by atoms with Crippen molar-refractivity contribution in [3.8, 4) is 5.75 Å². The summed E-state index contributed by atoms with van der Waals surface area (Å²) in [5.74, 6) is 1.66. The Morgan fingerprint density at radius 2 is 2.31 bits per heavy atom. The van der Waals surface area contributed by atoms with Gasteiger partial charge in [0.1, 0.15) is 11.6 Å². The van der Waals surface area contributed by atoms with Gasteiger partial charge in [-0.3, -0.25) is 0 Å². The molecule has 0 aliphatic carbocycles. The topological polar surface area (TPSA) is 34.1 Å². The number of ether oxygens (including phenoxy) is 1. The highest BCUT2D eigenvalue weighted by Gasteiger charge is 2.01. The SMILES string of the molecule is COc1ccnc(NCc2sccc2C)c1. The zero-order valence-electron chi connectivity index (χ0n) is 9.36. The van der Waals surface area contributed by atoms with Crippen LogP contribution in [0.5, 0.6) is 5.75 Å². The lowest BCUT2D eigenvalue weighted by molar-refractivity contribution is 0.414. The van der Waals surface area contributed by atoms with Crippen LogP contribution >= 0.6 is 11.3 Å². The van der Waals surface area contributed by atoms with Gasteiger partial charge in [0.2, 0.25) is 0 Å². The number of nitrogens with zero attached hydrogens (tertiary/aromatic N) is 1. The third kappa shape index (κ3) is 2.52. The van der Waals surface area contributed by atoms with E-state index >= 15 is 0 Å². The number of hydrogen-bond acceptors (Lipinski definition) is 4. The molecular weight excluding hydrogens is 220 g/mol. The number of rotatable bonds is 4. The Morgan fingerprint density at radius 1 is 1.44 bits per heavy atom. The van der Waals surface area contributed by atoms with Crippen molar-refractivity contribution in [3.63, 3.8) is 0 Å². The maximum Gasteiger partial charge on any atom is 0.129 e. The van der Waals surface area contributed by atoms with Crippen LogP contribution < -0.4 is 10.1 Å². The minimum absolute atomic E-state index is 0.809. The fraction of sp³-hybridized carbons (Fsp3) is 0.250. The first-order valence-electron chi connectivity index (χ1n) is 5.06. The van der Waals surface area contributed by atoms with Gasteiger partial charge in [-0.15, -0.1) is 11.3 Å². The molecule has 0 aromatic carbocycles. The van der Waals surface area contributed by atoms with Crippen LogP contribution in [0.25, 0.3) is 0 Å². The Hall–Kier alpha value is -1.55. The van der Waals surface area contributed by atoms with Crippen molar-refractivity contribution in [1.82, 2.24) is 4.98 Å². The van der Waals surface area contributed by atoms with Crippen LogP contribution in [0.1, 0.15) is 10.4 Å². The minimum Gasteiger partial charge on any atom is -0.497 e. The van der Waals surface area contributed by atoms with Crippen molar-refractivity contribution in [2.45, 2.75) is 13.5 Å². The average Bonchev–Trinajstić information content (AvgIpc) is 2.72. The molecule has 4 heteroatoms. The number of pyridine rings is 1. The summed E-state index contributed by atoms with van der Waals surface area (Å²) in [4.78, 5) is 5.57. The number of methoxy groups -OCH3 is 1. The van der Waals surface area contributed by atoms with Gasteiger partial charge in [-0.25, -0.2) is 4.98 Å². The van der Waals surface area contributed by atoms with E-state index in [0.29, 0.717) is 0 Å². The normalized spacial score (nSPS) is 10.1. The third-order valence-electron chi connectivity index (χ3n) is 2.37. The van der Waals surface area contributed by atoms with Crippen LogP contribution in [0.4, 0.5) is 5.82 Å². The Bertz CT molecular complexity index is 468. The van der Waals surface area contributed by atoms with Crippen molar-refractivity contribution >= 4 is 17.2 Å². The summed E-state index contributed by atoms with van der Waals surface area (Å²) in [7, 11) is 1.66. The first-order valence-corrected chi connectivity index (χ1v) is 5.94. The van der Waals surface area contributed by atoms with Gasteiger partial charge >= 0.3 is 0 Å². The van der Waals surface area contributed by atoms with Crippen LogP contribution in [0.15, 0.2) is 29.8 Å². The van der Waals surface area contributed by atoms with E-state index in [1.165, 1.54) is 10.4 Å². The number of anilines is 1. The Labute approximate surface area is 99.1 Å². The van der Waals surface area contributed by atoms with E-state index in [-0.39, 0.29) is 0 Å². The largest absolute Gasteiger partial charge is 0.497 e. The molecule has 0 aliphatic heterocycles. The molecule has 0 atom stereocenters. The predicted molar refractivity (Wildman–Crippen MR) is 67.2 cm³/mol. The summed E-state index contributed by atoms with van der Waals surface area (Å²) in [5.41, 5.74) is 1.32. The molecule has 0 unspecified atom stereocenters. The number of hydrogen-bond donors (Lipinski definition) is 1. The Kier molecular flexibility index (Phi) is 3.41. The average molecular weight is 234 g/mol. The first-order chi connectivity index (χ1) is 7.79. The van der Waals surface area contributed by atoms with Gasteiger partial charge in [-0.05, 0) is 30.0 Å². The molecule has 0 aliphatic rings. The lowest BCUT2D eigenvalue weighted by Crippen LogP contribution is -2.00. The molecule has 84 valence electrons. The van der Waals surface area contributed by atoms with Crippen molar-refractivity contribution in [2.24, 2.45) is 0 Å². The fourth-order valence-corrected chi connectivity index (χ4v) is 2.24. The van der Waals surface area contributed by atoms with Crippen LogP contribution in [-0.2, 0) is 6.54 Å². The molecule has 0 bridgehead atoms. The lowest BCUT2D eigenvalue weighted by Gasteiger charge is -2.06. The summed E-state index contributed by atoms with van der Waals surface area (Å²) in [6.07, 6.45) is 1.74. The molecule has 0 spiro atoms. The van der Waals surface area contributed by atoms with E-state index in [2.05, 4.69) is 28.7 Å². The smallest absolute Gasteiger partial charge is 0.129 e. The molecule has 0 fully saturated rings. The molecular formula is C12H14N2OS. The molecule has 2 rings (SSSR count). The second kappa shape index (κ2) is 4.99. The maximum atomic E-state index is 5.14. The Morgan fingerprint density at radius 3 is 3.00 bits per heavy atom. The zero-order valence-corrected chi connectivity index (χ0v) is 10.2. The molecule has 3 nitrogen and oxygen atoms in total. The van der Waals surface area contributed by atoms with Gasteiger partial charge in [-0.2, -0.15) is 0 Å². The minimum atomic E-state index is 0.809. The molecule has 0 amide bonds. The van der Waals surface area contributed by atoms with Crippen molar-refractivity contribution in [2.75, 3.05) is 12.4 Å². The monoisotopic (exact) mass is 234 g/mol. The van der Waals surface area contributed by atoms with E-state index < -0.39 is 0 Å². The summed E-state index contributed by atoms with van der Waals surface area (Å²) in [6, 6.07) is 5.85. The summed E-state index contributed by atoms with van der Waals surface area (Å²) >= 11 is 1.76. The van der Waals surface area contributed by atoms with Crippen LogP contribution in [0.3, 0.4) is 0 Å². The molecule has 16 heavy (non-hydrogen) atoms. The van der Waals surface area contributed by atoms with E-state index in [0.717, 1.165) is 18.1 Å². The number of nitrogens with one attached hydrogen (secondary N) is 1. The van der Waals surface area contributed by atoms with Gasteiger partial charge in [-0.1, -0.05) is 0 Å². The van der Waals surface area contributed by atoms with E-state index in [1.54, 1.807) is 24.6 Å². The molecule has 0 radical (unpaired) electrons. The van der Waals surface area contributed by atoms with Crippen molar-refractivity contribution in [3.05, 3.63) is 40.2 Å². The maximum absolute atomic E-state index is 5.14. The first kappa shape index (κ1) is 11.0. The van der Waals surface area contributed by atoms with Crippen LogP contribution in [0.2, 0.25) is 0 Å². The van der Waals surface area contributed by atoms with Crippen LogP contribution in [0, 0.1) is 6.92 Å². The zero-order chi connectivity index (χ0) is 11.4. The highest BCUT2D eigenvalue weighted by atomic mass is 32.1. The molecule has 2 heterocycles. The van der Waals surface area contributed by atoms with Crippen molar-refractivity contribution in [1.29, 1.82) is 0 Å². The second-order valence-electron chi connectivity index (χ2n) is 3.46. The van der Waals surface area contributed by atoms with Crippen molar-refractivity contribution < 1.29 is 4.74 Å². The highest BCUT2D eigenvalue weighted by Crippen LogP contribution is 2.18. The van der Waals surface area contributed by atoms with Gasteiger partial charge in [0, 0.05) is 17.1 Å². The summed E-state index contributed by atoms with van der Waals surface area (Å²) in [5, 5.41) is 5.38.